The lowest BCUT2D eigenvalue weighted by Gasteiger charge is -2.27. The van der Waals surface area contributed by atoms with E-state index in [4.69, 9.17) is 9.47 Å². The number of ether oxygens (including phenoxy) is 2. The van der Waals surface area contributed by atoms with Crippen LogP contribution in [-0.4, -0.2) is 34.6 Å². The Kier molecular flexibility index (Phi) is 31.4. The maximum absolute atomic E-state index is 11.9. The number of benzene rings is 4. The molecule has 0 radical (unpaired) electrons. The van der Waals surface area contributed by atoms with E-state index in [1.165, 1.54) is 53.3 Å². The highest BCUT2D eigenvalue weighted by atomic mass is 79.9. The first-order chi connectivity index (χ1) is 27.2. The van der Waals surface area contributed by atoms with E-state index in [0.717, 1.165) is 43.6 Å². The fourth-order valence-corrected chi connectivity index (χ4v) is 12.7. The number of carbonyl (C=O) groups excluding carboxylic acids is 2. The summed E-state index contributed by atoms with van der Waals surface area (Å²) in [7, 11) is 3.82. The van der Waals surface area contributed by atoms with Gasteiger partial charge in [0.1, 0.15) is 34.4 Å². The summed E-state index contributed by atoms with van der Waals surface area (Å²) in [6, 6.07) is 43.7. The Labute approximate surface area is 385 Å². The second-order valence-corrected chi connectivity index (χ2v) is 27.0. The Bertz CT molecular complexity index is 1540. The normalized spacial score (nSPS) is 11.1. The third kappa shape index (κ3) is 25.3. The molecule has 0 aliphatic heterocycles. The smallest absolute Gasteiger partial charge is 0.306 e. The standard InChI is InChI=1S/C30H38O2P.C12H23BrO2.C6H9P3.CH4.BrH/c1-30(2,3)32-29(31)24-16-5-4-6-17-25-33(26-18-10-7-11-19-26,27-20-12-8-13-21-27)28-22-14-9-15-23-28;1-12(2,3)15-11(14)9-7-5-4-6-8-10-13;7-9(8)6-4-2-1-3-5-6;;/h7-15,18-23H,4-6,16-17,24-25H2,1-3H3;4-10H2,1-3H3;1-5H,7-8H2;1H4;1H/q+1;;;;/p-1. The quantitative estimate of drug-likeness (QED) is 0.0407. The maximum atomic E-state index is 11.9. The van der Waals surface area contributed by atoms with Crippen LogP contribution in [0, 0.1) is 0 Å². The molecule has 4 nitrogen and oxygen atoms in total. The molecule has 0 saturated carbocycles. The van der Waals surface area contributed by atoms with E-state index >= 15 is 0 Å². The first-order valence-corrected chi connectivity index (χ1v) is 28.2. The van der Waals surface area contributed by atoms with Gasteiger partial charge >= 0.3 is 11.9 Å². The van der Waals surface area contributed by atoms with Crippen LogP contribution in [0.2, 0.25) is 0 Å². The monoisotopic (exact) mass is 1010 g/mol. The van der Waals surface area contributed by atoms with Crippen LogP contribution >= 0.6 is 48.3 Å². The molecule has 328 valence electrons. The number of carbonyl (C=O) groups is 2. The molecule has 4 aromatic carbocycles. The number of alkyl halides is 1. The van der Waals surface area contributed by atoms with Crippen LogP contribution in [0.25, 0.3) is 0 Å². The minimum Gasteiger partial charge on any atom is -1.00 e. The number of unbranched alkanes of at least 4 members (excludes halogenated alkanes) is 8. The van der Waals surface area contributed by atoms with E-state index in [9.17, 15) is 9.59 Å². The molecule has 2 unspecified atom stereocenters. The summed E-state index contributed by atoms with van der Waals surface area (Å²) in [5, 5.41) is 6.84. The predicted molar refractivity (Wildman–Crippen MR) is 270 cm³/mol. The number of hydrogen-bond donors (Lipinski definition) is 0. The van der Waals surface area contributed by atoms with E-state index in [1.807, 2.05) is 47.6 Å². The largest absolute Gasteiger partial charge is 1.00 e. The third-order valence-electron chi connectivity index (χ3n) is 8.87. The molecule has 0 bridgehead atoms. The zero-order valence-electron chi connectivity index (χ0n) is 35.9. The van der Waals surface area contributed by atoms with Crippen molar-refractivity contribution in [1.29, 1.82) is 0 Å². The fraction of sp³-hybridized carbons (Fsp3) is 0.469. The van der Waals surface area contributed by atoms with Gasteiger partial charge in [-0.15, -0.1) is 17.9 Å². The molecule has 10 heteroatoms. The molecule has 2 atom stereocenters. The van der Waals surface area contributed by atoms with Crippen molar-refractivity contribution in [2.75, 3.05) is 11.5 Å². The molecule has 0 aromatic heterocycles. The molecule has 0 amide bonds. The molecular formula is C49H74Br2O4P4. The topological polar surface area (TPSA) is 52.6 Å². The van der Waals surface area contributed by atoms with E-state index in [2.05, 4.69) is 149 Å². The number of esters is 2. The van der Waals surface area contributed by atoms with Gasteiger partial charge in [0.25, 0.3) is 0 Å². The van der Waals surface area contributed by atoms with Crippen LogP contribution in [0.15, 0.2) is 121 Å². The van der Waals surface area contributed by atoms with Gasteiger partial charge in [-0.05, 0) is 123 Å². The van der Waals surface area contributed by atoms with Crippen LogP contribution < -0.4 is 38.2 Å². The molecule has 4 aromatic rings. The molecule has 59 heavy (non-hydrogen) atoms. The first-order valence-electron chi connectivity index (χ1n) is 20.6. The van der Waals surface area contributed by atoms with Crippen molar-refractivity contribution in [2.24, 2.45) is 0 Å². The van der Waals surface area contributed by atoms with Gasteiger partial charge in [-0.2, -0.15) is 0 Å². The van der Waals surface area contributed by atoms with E-state index in [0.29, 0.717) is 12.8 Å². The Morgan fingerprint density at radius 1 is 0.525 bits per heavy atom. The summed E-state index contributed by atoms with van der Waals surface area (Å²) in [5.74, 6) is -0.146. The molecule has 0 saturated heterocycles. The third-order valence-corrected chi connectivity index (χ3v) is 16.6. The van der Waals surface area contributed by atoms with Crippen molar-refractivity contribution in [2.45, 2.75) is 137 Å². The highest BCUT2D eigenvalue weighted by molar-refractivity contribution is 9.09. The lowest BCUT2D eigenvalue weighted by atomic mass is 10.1. The molecule has 0 fully saturated rings. The van der Waals surface area contributed by atoms with Crippen molar-refractivity contribution >= 4 is 81.5 Å². The predicted octanol–water partition coefficient (Wildman–Crippen LogP) is 10.7. The second-order valence-electron chi connectivity index (χ2n) is 16.2. The van der Waals surface area contributed by atoms with Crippen molar-refractivity contribution in [3.05, 3.63) is 121 Å². The molecule has 4 rings (SSSR count). The summed E-state index contributed by atoms with van der Waals surface area (Å²) in [4.78, 5) is 23.2. The van der Waals surface area contributed by atoms with Gasteiger partial charge in [-0.25, -0.2) is 0 Å². The van der Waals surface area contributed by atoms with E-state index in [1.54, 1.807) is 0 Å². The van der Waals surface area contributed by atoms with Crippen LogP contribution in [-0.2, 0) is 19.1 Å². The van der Waals surface area contributed by atoms with Gasteiger partial charge in [-0.1, -0.05) is 140 Å². The summed E-state index contributed by atoms with van der Waals surface area (Å²) in [6.45, 7) is 11.5. The molecule has 0 aliphatic carbocycles. The van der Waals surface area contributed by atoms with E-state index in [-0.39, 0.29) is 49.2 Å². The van der Waals surface area contributed by atoms with Gasteiger partial charge in [0.2, 0.25) is 0 Å². The van der Waals surface area contributed by atoms with Crippen LogP contribution in [0.1, 0.15) is 126 Å². The summed E-state index contributed by atoms with van der Waals surface area (Å²) in [6.07, 6.45) is 13.5. The van der Waals surface area contributed by atoms with Gasteiger partial charge in [0.15, 0.2) is 0 Å². The first kappa shape index (κ1) is 57.5. The number of halogens is 2. The van der Waals surface area contributed by atoms with Gasteiger partial charge in [0.05, 0.1) is 6.16 Å². The molecule has 0 N–H and O–H groups in total. The summed E-state index contributed by atoms with van der Waals surface area (Å²) in [5.41, 5.74) is -0.733. The maximum Gasteiger partial charge on any atom is 0.306 e. The van der Waals surface area contributed by atoms with Crippen molar-refractivity contribution < 1.29 is 36.0 Å². The Morgan fingerprint density at radius 3 is 1.14 bits per heavy atom. The van der Waals surface area contributed by atoms with Gasteiger partial charge < -0.3 is 26.5 Å². The summed E-state index contributed by atoms with van der Waals surface area (Å²) < 4.78 is 10.6. The molecule has 0 spiro atoms. The highest BCUT2D eigenvalue weighted by Gasteiger charge is 2.44. The molecular weight excluding hydrogens is 936 g/mol. The second kappa shape index (κ2) is 32.2. The Hall–Kier alpha value is -1.50. The molecule has 0 heterocycles. The average molecular weight is 1010 g/mol. The highest BCUT2D eigenvalue weighted by Crippen LogP contribution is 2.56. The lowest BCUT2D eigenvalue weighted by Crippen LogP contribution is -3.00. The van der Waals surface area contributed by atoms with Crippen molar-refractivity contribution in [3.63, 3.8) is 0 Å². The van der Waals surface area contributed by atoms with E-state index < -0.39 is 12.9 Å². The summed E-state index contributed by atoms with van der Waals surface area (Å²) >= 11 is 3.40. The van der Waals surface area contributed by atoms with Gasteiger partial charge in [0, 0.05) is 18.2 Å². The minimum absolute atomic E-state index is 0. The van der Waals surface area contributed by atoms with Crippen LogP contribution in [0.5, 0.6) is 0 Å². The van der Waals surface area contributed by atoms with Crippen molar-refractivity contribution in [1.82, 2.24) is 0 Å². The SMILES string of the molecule is C.CC(C)(C)OC(=O)CCCCCCCBr.CC(C)(C)OC(=O)CCCCCCC[P+](c1ccccc1)(c1ccccc1)c1ccccc1.PP(P)c1ccccc1.[Br-]. The van der Waals surface area contributed by atoms with Gasteiger partial charge in [-0.3, -0.25) is 9.59 Å². The van der Waals surface area contributed by atoms with Crippen molar-refractivity contribution in [3.8, 4) is 0 Å². The Morgan fingerprint density at radius 2 is 0.831 bits per heavy atom. The zero-order valence-corrected chi connectivity index (χ0v) is 43.2. The minimum atomic E-state index is -1.72. The van der Waals surface area contributed by atoms with Crippen LogP contribution in [0.3, 0.4) is 0 Å². The van der Waals surface area contributed by atoms with Crippen LogP contribution in [0.4, 0.5) is 0 Å². The fourth-order valence-electron chi connectivity index (χ4n) is 6.31. The Balaban J connectivity index is 0.00000107. The average Bonchev–Trinajstić information content (AvgIpc) is 3.18. The number of rotatable bonds is 19. The lowest BCUT2D eigenvalue weighted by molar-refractivity contribution is -0.156. The zero-order chi connectivity index (χ0) is 42.0. The molecule has 0 aliphatic rings. The number of hydrogen-bond acceptors (Lipinski definition) is 4.